The van der Waals surface area contributed by atoms with Crippen LogP contribution in [0.4, 0.5) is 0 Å². The number of nitrogens with one attached hydrogen (secondary N) is 1. The van der Waals surface area contributed by atoms with E-state index < -0.39 is 10.2 Å². The standard InChI is InChI=1S/C11H24N2O2S/c1-10-6-5-8-11(2,9-7-10)12-16(14,15)13(3)4/h10,12H,5-9H2,1-4H3. The highest BCUT2D eigenvalue weighted by Crippen LogP contribution is 2.30. The lowest BCUT2D eigenvalue weighted by Crippen LogP contribution is -2.49. The van der Waals surface area contributed by atoms with Crippen LogP contribution in [0.2, 0.25) is 0 Å². The van der Waals surface area contributed by atoms with E-state index in [4.69, 9.17) is 0 Å². The van der Waals surface area contributed by atoms with Crippen LogP contribution in [0.25, 0.3) is 0 Å². The van der Waals surface area contributed by atoms with Crippen LogP contribution >= 0.6 is 0 Å². The third-order valence-electron chi connectivity index (χ3n) is 3.47. The van der Waals surface area contributed by atoms with Gasteiger partial charge in [0.1, 0.15) is 0 Å². The molecular weight excluding hydrogens is 224 g/mol. The summed E-state index contributed by atoms with van der Waals surface area (Å²) in [6.07, 6.45) is 5.28. The summed E-state index contributed by atoms with van der Waals surface area (Å²) in [7, 11) is -0.186. The van der Waals surface area contributed by atoms with Crippen LogP contribution in [-0.4, -0.2) is 32.4 Å². The molecule has 0 radical (unpaired) electrons. The van der Waals surface area contributed by atoms with E-state index in [1.165, 1.54) is 10.7 Å². The average Bonchev–Trinajstić information content (AvgIpc) is 2.28. The lowest BCUT2D eigenvalue weighted by molar-refractivity contribution is 0.350. The smallest absolute Gasteiger partial charge is 0.196 e. The minimum Gasteiger partial charge on any atom is -0.196 e. The third kappa shape index (κ3) is 3.71. The summed E-state index contributed by atoms with van der Waals surface area (Å²) in [6.45, 7) is 4.26. The van der Waals surface area contributed by atoms with Gasteiger partial charge in [-0.25, -0.2) is 0 Å². The molecular formula is C11H24N2O2S. The summed E-state index contributed by atoms with van der Waals surface area (Å²) in [5.74, 6) is 0.714. The largest absolute Gasteiger partial charge is 0.279 e. The number of nitrogens with zero attached hydrogens (tertiary/aromatic N) is 1. The first kappa shape index (κ1) is 13.9. The Morgan fingerprint density at radius 1 is 1.25 bits per heavy atom. The van der Waals surface area contributed by atoms with Crippen molar-refractivity contribution in [3.8, 4) is 0 Å². The van der Waals surface area contributed by atoms with Gasteiger partial charge >= 0.3 is 0 Å². The molecule has 2 unspecified atom stereocenters. The molecule has 0 aromatic heterocycles. The van der Waals surface area contributed by atoms with E-state index >= 15 is 0 Å². The second-order valence-electron chi connectivity index (χ2n) is 5.49. The summed E-state index contributed by atoms with van der Waals surface area (Å²) in [5, 5.41) is 0. The van der Waals surface area contributed by atoms with E-state index in [-0.39, 0.29) is 5.54 Å². The van der Waals surface area contributed by atoms with Crippen molar-refractivity contribution in [1.82, 2.24) is 9.03 Å². The van der Waals surface area contributed by atoms with Gasteiger partial charge in [0.2, 0.25) is 0 Å². The fourth-order valence-corrected chi connectivity index (χ4v) is 3.19. The van der Waals surface area contributed by atoms with Gasteiger partial charge in [-0.3, -0.25) is 0 Å². The number of hydrogen-bond acceptors (Lipinski definition) is 2. The zero-order valence-electron chi connectivity index (χ0n) is 10.8. The van der Waals surface area contributed by atoms with Crippen molar-refractivity contribution in [2.75, 3.05) is 14.1 Å². The Labute approximate surface area is 99.6 Å². The van der Waals surface area contributed by atoms with E-state index in [9.17, 15) is 8.42 Å². The van der Waals surface area contributed by atoms with Crippen molar-refractivity contribution in [2.24, 2.45) is 5.92 Å². The van der Waals surface area contributed by atoms with Crippen LogP contribution in [0.1, 0.15) is 46.0 Å². The SMILES string of the molecule is CC1CCCC(C)(NS(=O)(=O)N(C)C)CC1. The van der Waals surface area contributed by atoms with Crippen LogP contribution in [0.15, 0.2) is 0 Å². The monoisotopic (exact) mass is 248 g/mol. The van der Waals surface area contributed by atoms with Crippen LogP contribution in [0, 0.1) is 5.92 Å². The van der Waals surface area contributed by atoms with E-state index in [2.05, 4.69) is 11.6 Å². The average molecular weight is 248 g/mol. The van der Waals surface area contributed by atoms with Crippen molar-refractivity contribution in [1.29, 1.82) is 0 Å². The van der Waals surface area contributed by atoms with E-state index in [0.717, 1.165) is 25.7 Å². The molecule has 0 saturated heterocycles. The van der Waals surface area contributed by atoms with Gasteiger partial charge in [-0.15, -0.1) is 0 Å². The summed E-state index contributed by atoms with van der Waals surface area (Å²) in [5.41, 5.74) is -0.270. The summed E-state index contributed by atoms with van der Waals surface area (Å²) < 4.78 is 27.7. The molecule has 96 valence electrons. The topological polar surface area (TPSA) is 49.4 Å². The Kier molecular flexibility index (Phi) is 4.37. The number of hydrogen-bond donors (Lipinski definition) is 1. The molecule has 16 heavy (non-hydrogen) atoms. The molecule has 0 aliphatic heterocycles. The first-order valence-corrected chi connectivity index (χ1v) is 7.41. The van der Waals surface area contributed by atoms with Crippen molar-refractivity contribution < 1.29 is 8.42 Å². The molecule has 1 rings (SSSR count). The van der Waals surface area contributed by atoms with Gasteiger partial charge in [-0.2, -0.15) is 17.4 Å². The molecule has 0 aromatic carbocycles. The predicted molar refractivity (Wildman–Crippen MR) is 66.4 cm³/mol. The molecule has 1 saturated carbocycles. The molecule has 4 nitrogen and oxygen atoms in total. The number of rotatable bonds is 3. The summed E-state index contributed by atoms with van der Waals surface area (Å²) in [6, 6.07) is 0. The second-order valence-corrected chi connectivity index (χ2v) is 7.37. The molecule has 1 N–H and O–H groups in total. The van der Waals surface area contributed by atoms with Gasteiger partial charge in [-0.05, 0) is 32.1 Å². The van der Waals surface area contributed by atoms with Gasteiger partial charge in [-0.1, -0.05) is 19.8 Å². The third-order valence-corrected chi connectivity index (χ3v) is 5.18. The van der Waals surface area contributed by atoms with Gasteiger partial charge in [0, 0.05) is 19.6 Å². The lowest BCUT2D eigenvalue weighted by atomic mass is 9.93. The molecule has 0 bridgehead atoms. The van der Waals surface area contributed by atoms with Crippen molar-refractivity contribution in [3.63, 3.8) is 0 Å². The fraction of sp³-hybridized carbons (Fsp3) is 1.00. The maximum absolute atomic E-state index is 11.8. The Hall–Kier alpha value is -0.130. The minimum atomic E-state index is -3.31. The second kappa shape index (κ2) is 5.02. The highest BCUT2D eigenvalue weighted by atomic mass is 32.2. The Bertz CT molecular complexity index is 327. The Morgan fingerprint density at radius 3 is 2.44 bits per heavy atom. The Balaban J connectivity index is 2.71. The normalized spacial score (nSPS) is 32.7. The van der Waals surface area contributed by atoms with Crippen LogP contribution in [-0.2, 0) is 10.2 Å². The van der Waals surface area contributed by atoms with Crippen LogP contribution in [0.3, 0.4) is 0 Å². The van der Waals surface area contributed by atoms with Crippen LogP contribution < -0.4 is 4.72 Å². The van der Waals surface area contributed by atoms with Gasteiger partial charge in [0.15, 0.2) is 0 Å². The Morgan fingerprint density at radius 2 is 1.88 bits per heavy atom. The lowest BCUT2D eigenvalue weighted by Gasteiger charge is -2.30. The van der Waals surface area contributed by atoms with Gasteiger partial charge in [0.05, 0.1) is 0 Å². The highest BCUT2D eigenvalue weighted by Gasteiger charge is 2.32. The summed E-state index contributed by atoms with van der Waals surface area (Å²) >= 11 is 0. The maximum Gasteiger partial charge on any atom is 0.279 e. The van der Waals surface area contributed by atoms with E-state index in [1.54, 1.807) is 14.1 Å². The molecule has 1 fully saturated rings. The zero-order chi connectivity index (χ0) is 12.4. The molecule has 5 heteroatoms. The molecule has 0 heterocycles. The maximum atomic E-state index is 11.8. The van der Waals surface area contributed by atoms with Crippen molar-refractivity contribution >= 4 is 10.2 Å². The van der Waals surface area contributed by atoms with E-state index in [1.807, 2.05) is 6.92 Å². The molecule has 1 aliphatic carbocycles. The molecule has 1 aliphatic rings. The first-order chi connectivity index (χ1) is 7.25. The molecule has 0 spiro atoms. The van der Waals surface area contributed by atoms with Crippen LogP contribution in [0.5, 0.6) is 0 Å². The molecule has 0 amide bonds. The van der Waals surface area contributed by atoms with Crippen molar-refractivity contribution in [3.05, 3.63) is 0 Å². The van der Waals surface area contributed by atoms with Crippen molar-refractivity contribution in [2.45, 2.75) is 51.5 Å². The summed E-state index contributed by atoms with van der Waals surface area (Å²) in [4.78, 5) is 0. The predicted octanol–water partition coefficient (Wildman–Crippen LogP) is 1.74. The minimum absolute atomic E-state index is 0.270. The highest BCUT2D eigenvalue weighted by molar-refractivity contribution is 7.87. The first-order valence-electron chi connectivity index (χ1n) is 5.97. The quantitative estimate of drug-likeness (QED) is 0.773. The fourth-order valence-electron chi connectivity index (χ4n) is 2.18. The van der Waals surface area contributed by atoms with Gasteiger partial charge in [0.25, 0.3) is 10.2 Å². The molecule has 0 aromatic rings. The van der Waals surface area contributed by atoms with Gasteiger partial charge < -0.3 is 0 Å². The molecule has 2 atom stereocenters. The zero-order valence-corrected chi connectivity index (χ0v) is 11.6. The van der Waals surface area contributed by atoms with E-state index in [0.29, 0.717) is 5.92 Å².